The fraction of sp³-hybridized carbons (Fsp3) is 0.636. The van der Waals surface area contributed by atoms with E-state index in [0.29, 0.717) is 12.8 Å². The molecule has 18 heavy (non-hydrogen) atoms. The highest BCUT2D eigenvalue weighted by Gasteiger charge is 2.41. The van der Waals surface area contributed by atoms with Crippen molar-refractivity contribution in [3.8, 4) is 0 Å². The van der Waals surface area contributed by atoms with Crippen molar-refractivity contribution in [2.45, 2.75) is 31.3 Å². The van der Waals surface area contributed by atoms with Gasteiger partial charge in [0.2, 0.25) is 0 Å². The summed E-state index contributed by atoms with van der Waals surface area (Å²) < 4.78 is 52.9. The number of ether oxygens (including phenoxy) is 1. The number of rotatable bonds is 8. The maximum atomic E-state index is 12.5. The van der Waals surface area contributed by atoms with Crippen LogP contribution in [-0.2, 0) is 11.2 Å². The first-order valence-corrected chi connectivity index (χ1v) is 6.29. The summed E-state index contributed by atoms with van der Waals surface area (Å²) in [6, 6.07) is 1.89. The summed E-state index contributed by atoms with van der Waals surface area (Å²) >= 11 is 1.52. The molecule has 1 N–H and O–H groups in total. The van der Waals surface area contributed by atoms with Crippen LogP contribution in [0.2, 0.25) is 0 Å². The number of hydrogen-bond acceptors (Lipinski definition) is 3. The van der Waals surface area contributed by atoms with E-state index in [1.54, 1.807) is 0 Å². The predicted octanol–water partition coefficient (Wildman–Crippen LogP) is 2.96. The van der Waals surface area contributed by atoms with Crippen LogP contribution in [-0.4, -0.2) is 36.8 Å². The number of thiophene rings is 1. The second-order valence-electron chi connectivity index (χ2n) is 3.90. The van der Waals surface area contributed by atoms with Crippen LogP contribution in [0.25, 0.3) is 0 Å². The highest BCUT2D eigenvalue weighted by Crippen LogP contribution is 2.23. The van der Waals surface area contributed by atoms with Gasteiger partial charge in [-0.3, -0.25) is 0 Å². The van der Waals surface area contributed by atoms with E-state index < -0.39 is 25.1 Å². The van der Waals surface area contributed by atoms with E-state index in [0.717, 1.165) is 5.56 Å². The number of aliphatic hydroxyl groups excluding tert-OH is 1. The Balaban J connectivity index is 2.15. The first-order valence-electron chi connectivity index (χ1n) is 5.34. The van der Waals surface area contributed by atoms with E-state index in [9.17, 15) is 22.7 Å². The Bertz CT molecular complexity index is 330. The number of aryl methyl sites for hydroxylation is 1. The van der Waals surface area contributed by atoms with Crippen LogP contribution in [0.4, 0.5) is 17.6 Å². The summed E-state index contributed by atoms with van der Waals surface area (Å²) in [7, 11) is 0. The molecule has 1 aromatic heterocycles. The molecule has 1 atom stereocenters. The smallest absolute Gasteiger partial charge is 0.330 e. The number of halogens is 4. The van der Waals surface area contributed by atoms with Gasteiger partial charge >= 0.3 is 12.3 Å². The number of aliphatic hydroxyl groups is 1. The molecular weight excluding hydrogens is 272 g/mol. The molecule has 104 valence electrons. The molecule has 0 amide bonds. The molecule has 1 heterocycles. The second-order valence-corrected chi connectivity index (χ2v) is 4.68. The lowest BCUT2D eigenvalue weighted by Gasteiger charge is -2.17. The third-order valence-corrected chi connectivity index (χ3v) is 3.00. The van der Waals surface area contributed by atoms with E-state index in [4.69, 9.17) is 0 Å². The molecule has 1 aromatic rings. The summed E-state index contributed by atoms with van der Waals surface area (Å²) in [5, 5.41) is 13.2. The van der Waals surface area contributed by atoms with Crippen molar-refractivity contribution in [1.82, 2.24) is 0 Å². The first kappa shape index (κ1) is 15.4. The summed E-state index contributed by atoms with van der Waals surface area (Å²) in [6.07, 6.45) is -3.74. The average Bonchev–Trinajstić information content (AvgIpc) is 2.78. The Morgan fingerprint density at radius 1 is 1.39 bits per heavy atom. The zero-order chi connectivity index (χ0) is 13.6. The van der Waals surface area contributed by atoms with Gasteiger partial charge in [0.25, 0.3) is 0 Å². The van der Waals surface area contributed by atoms with E-state index in [-0.39, 0.29) is 6.61 Å². The molecule has 1 rings (SSSR count). The lowest BCUT2D eigenvalue weighted by Crippen LogP contribution is -2.33. The minimum Gasteiger partial charge on any atom is -0.391 e. The standard InChI is InChI=1S/C11H14F4O2S/c12-10(13)11(14,15)7-17-5-9(16)2-1-8-3-4-18-6-8/h3-4,6,9-10,16H,1-2,5,7H2. The molecule has 1 unspecified atom stereocenters. The van der Waals surface area contributed by atoms with Crippen molar-refractivity contribution in [3.63, 3.8) is 0 Å². The van der Waals surface area contributed by atoms with E-state index >= 15 is 0 Å². The van der Waals surface area contributed by atoms with Crippen LogP contribution in [0.1, 0.15) is 12.0 Å². The van der Waals surface area contributed by atoms with Crippen LogP contribution < -0.4 is 0 Å². The van der Waals surface area contributed by atoms with Crippen LogP contribution in [0.3, 0.4) is 0 Å². The van der Waals surface area contributed by atoms with Gasteiger partial charge in [0.05, 0.1) is 12.7 Å². The summed E-state index contributed by atoms with van der Waals surface area (Å²) in [4.78, 5) is 0. The van der Waals surface area contributed by atoms with E-state index in [1.165, 1.54) is 11.3 Å². The molecule has 0 spiro atoms. The Kier molecular flexibility index (Phi) is 6.04. The van der Waals surface area contributed by atoms with Crippen molar-refractivity contribution in [1.29, 1.82) is 0 Å². The Morgan fingerprint density at radius 2 is 2.11 bits per heavy atom. The van der Waals surface area contributed by atoms with Gasteiger partial charge < -0.3 is 9.84 Å². The maximum Gasteiger partial charge on any atom is 0.330 e. The molecule has 0 aliphatic rings. The molecule has 0 aromatic carbocycles. The SMILES string of the molecule is OC(CCc1ccsc1)COCC(F)(F)C(F)F. The molecule has 7 heteroatoms. The average molecular weight is 286 g/mol. The largest absolute Gasteiger partial charge is 0.391 e. The lowest BCUT2D eigenvalue weighted by atomic mass is 10.1. The van der Waals surface area contributed by atoms with Gasteiger partial charge in [0.1, 0.15) is 6.61 Å². The van der Waals surface area contributed by atoms with Gasteiger partial charge in [-0.2, -0.15) is 20.1 Å². The highest BCUT2D eigenvalue weighted by atomic mass is 32.1. The Hall–Kier alpha value is -0.660. The van der Waals surface area contributed by atoms with Crippen molar-refractivity contribution >= 4 is 11.3 Å². The van der Waals surface area contributed by atoms with Crippen molar-refractivity contribution in [2.75, 3.05) is 13.2 Å². The molecule has 0 aliphatic carbocycles. The predicted molar refractivity (Wildman–Crippen MR) is 60.4 cm³/mol. The molecule has 0 saturated carbocycles. The van der Waals surface area contributed by atoms with Gasteiger partial charge in [-0.1, -0.05) is 0 Å². The molecule has 0 saturated heterocycles. The van der Waals surface area contributed by atoms with Gasteiger partial charge in [0.15, 0.2) is 0 Å². The van der Waals surface area contributed by atoms with Crippen LogP contribution in [0.15, 0.2) is 16.8 Å². The van der Waals surface area contributed by atoms with E-state index in [1.807, 2.05) is 16.8 Å². The molecule has 0 bridgehead atoms. The van der Waals surface area contributed by atoms with Crippen LogP contribution in [0.5, 0.6) is 0 Å². The van der Waals surface area contributed by atoms with Gasteiger partial charge in [-0.05, 0) is 35.2 Å². The lowest BCUT2D eigenvalue weighted by molar-refractivity contribution is -0.170. The molecule has 0 aliphatic heterocycles. The number of alkyl halides is 4. The Labute approximate surface area is 106 Å². The minimum absolute atomic E-state index is 0.344. The highest BCUT2D eigenvalue weighted by molar-refractivity contribution is 7.07. The molecule has 0 fully saturated rings. The Morgan fingerprint density at radius 3 is 2.67 bits per heavy atom. The van der Waals surface area contributed by atoms with Gasteiger partial charge in [-0.25, -0.2) is 8.78 Å². The normalized spacial score (nSPS) is 14.1. The second kappa shape index (κ2) is 7.06. The number of hydrogen-bond donors (Lipinski definition) is 1. The summed E-state index contributed by atoms with van der Waals surface area (Å²) in [5.41, 5.74) is 1.04. The fourth-order valence-electron chi connectivity index (χ4n) is 1.25. The van der Waals surface area contributed by atoms with E-state index in [2.05, 4.69) is 4.74 Å². The minimum atomic E-state index is -4.16. The van der Waals surface area contributed by atoms with Gasteiger partial charge in [-0.15, -0.1) is 0 Å². The van der Waals surface area contributed by atoms with Crippen molar-refractivity contribution in [2.24, 2.45) is 0 Å². The first-order chi connectivity index (χ1) is 8.42. The van der Waals surface area contributed by atoms with Gasteiger partial charge in [0, 0.05) is 0 Å². The topological polar surface area (TPSA) is 29.5 Å². The third kappa shape index (κ3) is 5.32. The zero-order valence-electron chi connectivity index (χ0n) is 9.49. The monoisotopic (exact) mass is 286 g/mol. The van der Waals surface area contributed by atoms with Crippen LogP contribution >= 0.6 is 11.3 Å². The summed E-state index contributed by atoms with van der Waals surface area (Å²) in [6.45, 7) is -1.74. The van der Waals surface area contributed by atoms with Crippen LogP contribution in [0, 0.1) is 0 Å². The van der Waals surface area contributed by atoms with Crippen molar-refractivity contribution in [3.05, 3.63) is 22.4 Å². The maximum absolute atomic E-state index is 12.5. The zero-order valence-corrected chi connectivity index (χ0v) is 10.3. The summed E-state index contributed by atoms with van der Waals surface area (Å²) in [5.74, 6) is -4.16. The molecule has 0 radical (unpaired) electrons. The fourth-order valence-corrected chi connectivity index (χ4v) is 1.95. The quantitative estimate of drug-likeness (QED) is 0.745. The molecule has 2 nitrogen and oxygen atoms in total. The third-order valence-electron chi connectivity index (χ3n) is 2.27. The molecular formula is C11H14F4O2S. The van der Waals surface area contributed by atoms with Crippen molar-refractivity contribution < 1.29 is 27.4 Å².